The fraction of sp³-hybridized carbons (Fsp3) is 0.273. The van der Waals surface area contributed by atoms with Gasteiger partial charge in [0.2, 0.25) is 17.7 Å². The minimum absolute atomic E-state index is 0.0106. The van der Waals surface area contributed by atoms with Gasteiger partial charge in [0.25, 0.3) is 0 Å². The topological polar surface area (TPSA) is 342 Å². The molecular weight excluding hydrogens is 906 g/mol. The monoisotopic (exact) mass is 949 g/mol. The molecule has 0 radical (unpaired) electrons. The van der Waals surface area contributed by atoms with Gasteiger partial charge in [-0.1, -0.05) is 35.5 Å². The standard InChI is InChI=1S/C44H44ClN13O8S/c1-23(55-39(59)35(48)11-28-15-51-21-53-28)43(61)65-19-32(66-44(62)24(2)56-40(60)36(49)12-29-16-52-22-54-29)18-63-31-9-5-25(6-10-31)37-33(13-46)38(50)58-42(34(37)14-47)67-20-30-17-64-41(57-30)26-3-7-27(45)8-4-26/h3-10,15-17,21-24,32,35-36H,11-12,18-20,48-49H2,1-2H3,(H2,50,58)(H,51,53)(H,52,54)(H,55,59)(H,56,60)/t23?,24?,32-,35-,36-/m0/s1. The molecule has 23 heteroatoms. The van der Waals surface area contributed by atoms with Crippen LogP contribution in [0, 0.1) is 22.7 Å². The molecule has 21 nitrogen and oxygen atoms in total. The molecule has 0 saturated carbocycles. The van der Waals surface area contributed by atoms with Gasteiger partial charge in [0, 0.05) is 58.5 Å². The second kappa shape index (κ2) is 22.9. The summed E-state index contributed by atoms with van der Waals surface area (Å²) < 4.78 is 22.7. The lowest BCUT2D eigenvalue weighted by molar-refractivity contribution is -0.163. The van der Waals surface area contributed by atoms with Gasteiger partial charge in [-0.25, -0.2) is 29.5 Å². The lowest BCUT2D eigenvalue weighted by atomic mass is 9.97. The van der Waals surface area contributed by atoms with Crippen molar-refractivity contribution < 1.29 is 37.8 Å². The summed E-state index contributed by atoms with van der Waals surface area (Å²) in [6.45, 7) is 1.92. The van der Waals surface area contributed by atoms with Gasteiger partial charge < -0.3 is 56.4 Å². The minimum atomic E-state index is -1.23. The van der Waals surface area contributed by atoms with Crippen molar-refractivity contribution in [1.29, 1.82) is 10.5 Å². The number of hydrogen-bond acceptors (Lipinski definition) is 18. The number of ether oxygens (including phenoxy) is 3. The Morgan fingerprint density at radius 3 is 1.97 bits per heavy atom. The second-order valence-corrected chi connectivity index (χ2v) is 16.3. The second-order valence-electron chi connectivity index (χ2n) is 14.9. The van der Waals surface area contributed by atoms with Crippen molar-refractivity contribution in [2.75, 3.05) is 18.9 Å². The molecule has 0 aliphatic carbocycles. The maximum atomic E-state index is 13.3. The van der Waals surface area contributed by atoms with Crippen LogP contribution < -0.4 is 32.6 Å². The van der Waals surface area contributed by atoms with Crippen molar-refractivity contribution in [2.24, 2.45) is 11.5 Å². The summed E-state index contributed by atoms with van der Waals surface area (Å²) in [5, 5.41) is 26.3. The summed E-state index contributed by atoms with van der Waals surface area (Å²) in [7, 11) is 0. The molecule has 67 heavy (non-hydrogen) atoms. The predicted octanol–water partition coefficient (Wildman–Crippen LogP) is 3.10. The number of aromatic nitrogens is 6. The molecule has 2 aromatic carbocycles. The Hall–Kier alpha value is -7.76. The number of anilines is 1. The summed E-state index contributed by atoms with van der Waals surface area (Å²) in [5.74, 6) is -2.19. The minimum Gasteiger partial charge on any atom is -0.490 e. The van der Waals surface area contributed by atoms with E-state index in [9.17, 15) is 29.7 Å². The van der Waals surface area contributed by atoms with Gasteiger partial charge in [0.15, 0.2) is 6.10 Å². The number of nitrogens with two attached hydrogens (primary N) is 3. The van der Waals surface area contributed by atoms with E-state index in [0.29, 0.717) is 33.6 Å². The molecule has 6 aromatic rings. The van der Waals surface area contributed by atoms with E-state index in [1.165, 1.54) is 56.9 Å². The van der Waals surface area contributed by atoms with E-state index in [2.05, 4.69) is 52.7 Å². The highest BCUT2D eigenvalue weighted by atomic mass is 35.5. The number of benzene rings is 2. The van der Waals surface area contributed by atoms with E-state index in [1.807, 2.05) is 0 Å². The molecule has 0 bridgehead atoms. The van der Waals surface area contributed by atoms with E-state index in [1.54, 1.807) is 48.5 Å². The molecule has 5 atom stereocenters. The quantitative estimate of drug-likeness (QED) is 0.0402. The fourth-order valence-electron chi connectivity index (χ4n) is 6.23. The van der Waals surface area contributed by atoms with Crippen LogP contribution in [-0.2, 0) is 47.2 Å². The maximum absolute atomic E-state index is 13.3. The van der Waals surface area contributed by atoms with Crippen LogP contribution in [0.3, 0.4) is 0 Å². The fourth-order valence-corrected chi connectivity index (χ4v) is 7.23. The average Bonchev–Trinajstić information content (AvgIpc) is 4.14. The largest absolute Gasteiger partial charge is 0.490 e. The van der Waals surface area contributed by atoms with Crippen molar-refractivity contribution in [3.8, 4) is 40.5 Å². The number of nitriles is 2. The molecule has 346 valence electrons. The number of nitrogen functional groups attached to an aromatic ring is 1. The normalized spacial score (nSPS) is 13.2. The van der Waals surface area contributed by atoms with Crippen LogP contribution in [0.2, 0.25) is 5.02 Å². The van der Waals surface area contributed by atoms with Crippen molar-refractivity contribution in [1.82, 2.24) is 40.5 Å². The number of amides is 2. The first-order valence-corrected chi connectivity index (χ1v) is 21.7. The Morgan fingerprint density at radius 1 is 0.821 bits per heavy atom. The predicted molar refractivity (Wildman–Crippen MR) is 242 cm³/mol. The summed E-state index contributed by atoms with van der Waals surface area (Å²) in [6.07, 6.45) is 6.46. The Balaban J connectivity index is 1.13. The molecular formula is C44H44ClN13O8S. The molecule has 2 amide bonds. The first-order chi connectivity index (χ1) is 32.2. The maximum Gasteiger partial charge on any atom is 0.328 e. The highest BCUT2D eigenvalue weighted by Crippen LogP contribution is 2.37. The van der Waals surface area contributed by atoms with Gasteiger partial charge in [-0.05, 0) is 55.8 Å². The summed E-state index contributed by atoms with van der Waals surface area (Å²) in [6, 6.07) is 13.2. The van der Waals surface area contributed by atoms with Crippen molar-refractivity contribution in [2.45, 2.75) is 67.7 Å². The molecule has 0 fully saturated rings. The number of H-pyrrole nitrogens is 2. The Bertz CT molecular complexity index is 2740. The summed E-state index contributed by atoms with van der Waals surface area (Å²) in [5.41, 5.74) is 21.6. The van der Waals surface area contributed by atoms with Crippen LogP contribution in [-0.4, -0.2) is 97.1 Å². The number of imidazole rings is 2. The van der Waals surface area contributed by atoms with Crippen LogP contribution >= 0.6 is 23.4 Å². The van der Waals surface area contributed by atoms with Crippen molar-refractivity contribution in [3.63, 3.8) is 0 Å². The van der Waals surface area contributed by atoms with Gasteiger partial charge in [-0.2, -0.15) is 10.5 Å². The number of oxazole rings is 1. The number of pyridine rings is 1. The molecule has 2 unspecified atom stereocenters. The van der Waals surface area contributed by atoms with E-state index >= 15 is 0 Å². The molecule has 0 saturated heterocycles. The zero-order valence-electron chi connectivity index (χ0n) is 35.9. The molecule has 4 heterocycles. The third-order valence-electron chi connectivity index (χ3n) is 9.78. The van der Waals surface area contributed by atoms with Crippen LogP contribution in [0.4, 0.5) is 5.82 Å². The molecule has 6 rings (SSSR count). The van der Waals surface area contributed by atoms with Crippen LogP contribution in [0.25, 0.3) is 22.6 Å². The first-order valence-electron chi connectivity index (χ1n) is 20.4. The number of aromatic amines is 2. The number of rotatable bonds is 21. The smallest absolute Gasteiger partial charge is 0.328 e. The SMILES string of the molecule is CC(NC(=O)[C@@H](N)Cc1cnc[nH]1)C(=O)OC[C@H](COc1ccc(-c2c(C#N)c(N)nc(SCc3coc(-c4ccc(Cl)cc4)n3)c2C#N)cc1)OC(=O)C(C)NC(=O)[C@@H](N)Cc1cnc[nH]1. The Labute approximate surface area is 392 Å². The number of esters is 2. The summed E-state index contributed by atoms with van der Waals surface area (Å²) in [4.78, 5) is 74.3. The Morgan fingerprint density at radius 2 is 1.40 bits per heavy atom. The van der Waals surface area contributed by atoms with Crippen molar-refractivity contribution in [3.05, 3.63) is 113 Å². The lowest BCUT2D eigenvalue weighted by Gasteiger charge is -2.23. The highest BCUT2D eigenvalue weighted by molar-refractivity contribution is 7.98. The highest BCUT2D eigenvalue weighted by Gasteiger charge is 2.28. The molecule has 10 N–H and O–H groups in total. The van der Waals surface area contributed by atoms with Crippen molar-refractivity contribution >= 4 is 52.9 Å². The zero-order valence-corrected chi connectivity index (χ0v) is 37.5. The van der Waals surface area contributed by atoms with Gasteiger partial charge >= 0.3 is 11.9 Å². The van der Waals surface area contributed by atoms with Gasteiger partial charge in [-0.15, -0.1) is 0 Å². The Kier molecular flexibility index (Phi) is 16.7. The average molecular weight is 950 g/mol. The van der Waals surface area contributed by atoms with E-state index in [4.69, 9.17) is 47.4 Å². The van der Waals surface area contributed by atoms with Crippen LogP contribution in [0.5, 0.6) is 5.75 Å². The lowest BCUT2D eigenvalue weighted by Crippen LogP contribution is -2.50. The summed E-state index contributed by atoms with van der Waals surface area (Å²) >= 11 is 7.19. The van der Waals surface area contributed by atoms with Gasteiger partial charge in [-0.3, -0.25) is 9.59 Å². The number of hydrogen-bond donors (Lipinski definition) is 7. The van der Waals surface area contributed by atoms with Gasteiger partial charge in [0.05, 0.1) is 36.0 Å². The number of halogens is 1. The third kappa shape index (κ3) is 13.2. The first kappa shape index (κ1) is 48.7. The molecule has 4 aromatic heterocycles. The van der Waals surface area contributed by atoms with Crippen LogP contribution in [0.1, 0.15) is 42.1 Å². The number of carbonyl (C=O) groups is 4. The van der Waals surface area contributed by atoms with E-state index in [-0.39, 0.29) is 58.5 Å². The third-order valence-corrected chi connectivity index (χ3v) is 11.0. The number of nitrogens with one attached hydrogen (secondary N) is 4. The number of thioether (sulfide) groups is 1. The van der Waals surface area contributed by atoms with E-state index in [0.717, 1.165) is 5.56 Å². The molecule has 0 aliphatic rings. The van der Waals surface area contributed by atoms with Crippen LogP contribution in [0.15, 0.2) is 89.3 Å². The molecule has 0 aliphatic heterocycles. The van der Waals surface area contributed by atoms with E-state index < -0.39 is 60.6 Å². The zero-order chi connectivity index (χ0) is 48.0. The number of carbonyl (C=O) groups excluding carboxylic acids is 4. The van der Waals surface area contributed by atoms with Gasteiger partial charge in [0.1, 0.15) is 65.9 Å². The number of nitrogens with zero attached hydrogens (tertiary/aromatic N) is 6. The molecule has 0 spiro atoms.